The predicted octanol–water partition coefficient (Wildman–Crippen LogP) is 1.41. The van der Waals surface area contributed by atoms with E-state index in [1.54, 1.807) is 6.92 Å². The van der Waals surface area contributed by atoms with Gasteiger partial charge >= 0.3 is 12.0 Å². The third kappa shape index (κ3) is 4.67. The Hall–Kier alpha value is -2.38. The second-order valence-corrected chi connectivity index (χ2v) is 7.13. The highest BCUT2D eigenvalue weighted by Crippen LogP contribution is 2.28. The Labute approximate surface area is 160 Å². The molecule has 146 valence electrons. The molecule has 7 nitrogen and oxygen atoms in total. The minimum absolute atomic E-state index is 0.290. The number of amides is 2. The van der Waals surface area contributed by atoms with Crippen molar-refractivity contribution >= 4 is 12.0 Å². The predicted molar refractivity (Wildman–Crippen MR) is 103 cm³/mol. The number of urea groups is 1. The monoisotopic (exact) mass is 372 g/mol. The molecule has 1 atom stereocenters. The van der Waals surface area contributed by atoms with Crippen LogP contribution in [0.2, 0.25) is 0 Å². The molecule has 0 aromatic heterocycles. The first-order chi connectivity index (χ1) is 13.0. The van der Waals surface area contributed by atoms with Gasteiger partial charge in [-0.3, -0.25) is 4.90 Å². The molecule has 0 radical (unpaired) electrons. The lowest BCUT2D eigenvalue weighted by Crippen LogP contribution is -2.51. The molecule has 2 amide bonds. The van der Waals surface area contributed by atoms with E-state index < -0.39 is 6.04 Å². The molecule has 27 heavy (non-hydrogen) atoms. The Bertz CT molecular complexity index is 721. The topological polar surface area (TPSA) is 73.9 Å². The van der Waals surface area contributed by atoms with Crippen LogP contribution in [-0.4, -0.2) is 68.2 Å². The van der Waals surface area contributed by atoms with E-state index in [1.165, 1.54) is 0 Å². The number of piperazine rings is 1. The number of nitrogens with one attached hydrogen (secondary N) is 2. The van der Waals surface area contributed by atoms with Crippen molar-refractivity contribution in [2.45, 2.75) is 19.9 Å². The second kappa shape index (κ2) is 8.54. The summed E-state index contributed by atoms with van der Waals surface area (Å²) in [7, 11) is 2.10. The Balaban J connectivity index is 1.94. The maximum atomic E-state index is 12.8. The van der Waals surface area contributed by atoms with Crippen LogP contribution in [0.4, 0.5) is 4.79 Å². The van der Waals surface area contributed by atoms with Gasteiger partial charge in [-0.1, -0.05) is 29.8 Å². The summed E-state index contributed by atoms with van der Waals surface area (Å²) in [4.78, 5) is 29.6. The van der Waals surface area contributed by atoms with Crippen molar-refractivity contribution in [3.05, 3.63) is 46.7 Å². The van der Waals surface area contributed by atoms with Gasteiger partial charge in [0.05, 0.1) is 18.2 Å². The lowest BCUT2D eigenvalue weighted by Gasteiger charge is -2.35. The first kappa shape index (κ1) is 19.4. The zero-order valence-electron chi connectivity index (χ0n) is 16.2. The van der Waals surface area contributed by atoms with E-state index in [9.17, 15) is 9.59 Å². The quantitative estimate of drug-likeness (QED) is 0.765. The van der Waals surface area contributed by atoms with Crippen LogP contribution in [0.25, 0.3) is 0 Å². The third-order valence-electron chi connectivity index (χ3n) is 5.04. The van der Waals surface area contributed by atoms with Crippen LogP contribution in [0.15, 0.2) is 35.5 Å². The van der Waals surface area contributed by atoms with Crippen molar-refractivity contribution in [2.75, 3.05) is 46.4 Å². The molecule has 1 saturated heterocycles. The fraction of sp³-hybridized carbons (Fsp3) is 0.500. The van der Waals surface area contributed by atoms with Gasteiger partial charge < -0.3 is 20.3 Å². The first-order valence-corrected chi connectivity index (χ1v) is 9.43. The lowest BCUT2D eigenvalue weighted by atomic mass is 9.94. The molecule has 1 fully saturated rings. The first-order valence-electron chi connectivity index (χ1n) is 9.43. The molecule has 0 unspecified atom stereocenters. The number of carbonyl (C=O) groups excluding carboxylic acids is 2. The zero-order valence-corrected chi connectivity index (χ0v) is 16.2. The summed E-state index contributed by atoms with van der Waals surface area (Å²) in [6.07, 6.45) is 0. The standard InChI is InChI=1S/C20H28N4O3/c1-4-27-19(25)17-16(13-24-11-9-23(3)10-12-24)21-20(26)22-18(17)15-7-5-14(2)6-8-15/h5-8,18H,4,9-13H2,1-3H3,(H2,21,22,26)/t18-/m1/s1. The van der Waals surface area contributed by atoms with Gasteiger partial charge in [-0.15, -0.1) is 0 Å². The number of likely N-dealkylation sites (N-methyl/N-ethyl adjacent to an activating group) is 1. The molecule has 2 aliphatic heterocycles. The van der Waals surface area contributed by atoms with Crippen LogP contribution in [0.3, 0.4) is 0 Å². The Kier molecular flexibility index (Phi) is 6.13. The largest absolute Gasteiger partial charge is 0.463 e. The van der Waals surface area contributed by atoms with Crippen LogP contribution in [-0.2, 0) is 9.53 Å². The molecule has 0 bridgehead atoms. The third-order valence-corrected chi connectivity index (χ3v) is 5.04. The van der Waals surface area contributed by atoms with Crippen LogP contribution in [0.1, 0.15) is 24.1 Å². The van der Waals surface area contributed by atoms with Crippen molar-refractivity contribution in [1.29, 1.82) is 0 Å². The normalized spacial score (nSPS) is 21.6. The average molecular weight is 372 g/mol. The summed E-state index contributed by atoms with van der Waals surface area (Å²) < 4.78 is 5.31. The number of carbonyl (C=O) groups is 2. The molecule has 1 aromatic rings. The van der Waals surface area contributed by atoms with Crippen molar-refractivity contribution in [2.24, 2.45) is 0 Å². The van der Waals surface area contributed by atoms with Gasteiger partial charge in [-0.05, 0) is 26.5 Å². The molecular formula is C20H28N4O3. The Morgan fingerprint density at radius 3 is 2.48 bits per heavy atom. The van der Waals surface area contributed by atoms with Crippen molar-refractivity contribution < 1.29 is 14.3 Å². The van der Waals surface area contributed by atoms with E-state index in [1.807, 2.05) is 31.2 Å². The van der Waals surface area contributed by atoms with Crippen LogP contribution in [0.5, 0.6) is 0 Å². The minimum atomic E-state index is -0.513. The fourth-order valence-corrected chi connectivity index (χ4v) is 3.43. The van der Waals surface area contributed by atoms with E-state index in [4.69, 9.17) is 4.74 Å². The van der Waals surface area contributed by atoms with E-state index in [-0.39, 0.29) is 12.0 Å². The highest BCUT2D eigenvalue weighted by atomic mass is 16.5. The van der Waals surface area contributed by atoms with Gasteiger partial charge in [-0.25, -0.2) is 9.59 Å². The van der Waals surface area contributed by atoms with Crippen LogP contribution in [0, 0.1) is 6.92 Å². The summed E-state index contributed by atoms with van der Waals surface area (Å²) in [6.45, 7) is 8.34. The van der Waals surface area contributed by atoms with E-state index in [0.717, 1.165) is 37.3 Å². The van der Waals surface area contributed by atoms with Crippen molar-refractivity contribution in [3.8, 4) is 0 Å². The molecule has 2 aliphatic rings. The summed E-state index contributed by atoms with van der Waals surface area (Å²) in [5, 5.41) is 5.73. The maximum absolute atomic E-state index is 12.8. The summed E-state index contributed by atoms with van der Waals surface area (Å²) in [5.74, 6) is -0.389. The molecule has 2 N–H and O–H groups in total. The number of nitrogens with zero attached hydrogens (tertiary/aromatic N) is 2. The van der Waals surface area contributed by atoms with Crippen LogP contribution >= 0.6 is 0 Å². The number of hydrogen-bond acceptors (Lipinski definition) is 5. The molecule has 2 heterocycles. The van der Waals surface area contributed by atoms with E-state index in [2.05, 4.69) is 27.5 Å². The zero-order chi connectivity index (χ0) is 19.4. The number of hydrogen-bond donors (Lipinski definition) is 2. The number of esters is 1. The second-order valence-electron chi connectivity index (χ2n) is 7.13. The van der Waals surface area contributed by atoms with E-state index >= 15 is 0 Å². The number of aryl methyl sites for hydroxylation is 1. The average Bonchev–Trinajstić information content (AvgIpc) is 2.64. The van der Waals surface area contributed by atoms with Gasteiger partial charge in [0.1, 0.15) is 0 Å². The molecule has 7 heteroatoms. The summed E-state index contributed by atoms with van der Waals surface area (Å²) in [5.41, 5.74) is 3.11. The molecular weight excluding hydrogens is 344 g/mol. The Morgan fingerprint density at radius 1 is 1.19 bits per heavy atom. The molecule has 3 rings (SSSR count). The molecule has 0 aliphatic carbocycles. The van der Waals surface area contributed by atoms with Crippen molar-refractivity contribution in [3.63, 3.8) is 0 Å². The van der Waals surface area contributed by atoms with Crippen LogP contribution < -0.4 is 10.6 Å². The van der Waals surface area contributed by atoms with Gasteiger partial charge in [0.25, 0.3) is 0 Å². The molecule has 0 spiro atoms. The Morgan fingerprint density at radius 2 is 1.85 bits per heavy atom. The van der Waals surface area contributed by atoms with Gasteiger partial charge in [0.15, 0.2) is 0 Å². The fourth-order valence-electron chi connectivity index (χ4n) is 3.43. The van der Waals surface area contributed by atoms with Gasteiger partial charge in [0, 0.05) is 38.4 Å². The van der Waals surface area contributed by atoms with Gasteiger partial charge in [0.2, 0.25) is 0 Å². The highest BCUT2D eigenvalue weighted by molar-refractivity contribution is 5.95. The minimum Gasteiger partial charge on any atom is -0.463 e. The number of benzene rings is 1. The van der Waals surface area contributed by atoms with Crippen molar-refractivity contribution in [1.82, 2.24) is 20.4 Å². The smallest absolute Gasteiger partial charge is 0.338 e. The molecule has 1 aromatic carbocycles. The maximum Gasteiger partial charge on any atom is 0.338 e. The number of rotatable bonds is 5. The summed E-state index contributed by atoms with van der Waals surface area (Å²) >= 11 is 0. The van der Waals surface area contributed by atoms with E-state index in [0.29, 0.717) is 24.4 Å². The molecule has 0 saturated carbocycles. The lowest BCUT2D eigenvalue weighted by molar-refractivity contribution is -0.139. The van der Waals surface area contributed by atoms with Gasteiger partial charge in [-0.2, -0.15) is 0 Å². The highest BCUT2D eigenvalue weighted by Gasteiger charge is 2.34. The number of ether oxygens (including phenoxy) is 1. The SMILES string of the molecule is CCOC(=O)C1=C(CN2CCN(C)CC2)NC(=O)N[C@@H]1c1ccc(C)cc1. The summed E-state index contributed by atoms with van der Waals surface area (Å²) in [6, 6.07) is 7.04.